The summed E-state index contributed by atoms with van der Waals surface area (Å²) in [6, 6.07) is 7.67. The zero-order valence-corrected chi connectivity index (χ0v) is 12.9. The van der Waals surface area contributed by atoms with Gasteiger partial charge >= 0.3 is 0 Å². The molecule has 0 unspecified atom stereocenters. The Morgan fingerprint density at radius 3 is 2.52 bits per heavy atom. The van der Waals surface area contributed by atoms with Gasteiger partial charge in [0.1, 0.15) is 0 Å². The van der Waals surface area contributed by atoms with Gasteiger partial charge in [-0.15, -0.1) is 0 Å². The molecule has 4 nitrogen and oxygen atoms in total. The van der Waals surface area contributed by atoms with Gasteiger partial charge in [0.05, 0.1) is 5.41 Å². The van der Waals surface area contributed by atoms with Gasteiger partial charge in [0.15, 0.2) is 0 Å². The molecule has 1 fully saturated rings. The molecule has 116 valence electrons. The fourth-order valence-electron chi connectivity index (χ4n) is 2.47. The molecule has 0 saturated heterocycles. The first-order valence-electron chi connectivity index (χ1n) is 7.91. The number of carbonyl (C=O) groups excluding carboxylic acids is 1. The number of hydrogen-bond acceptors (Lipinski definition) is 3. The van der Waals surface area contributed by atoms with Crippen molar-refractivity contribution in [2.24, 2.45) is 0 Å². The topological polar surface area (TPSA) is 64.3 Å². The van der Waals surface area contributed by atoms with Gasteiger partial charge in [0, 0.05) is 25.4 Å². The van der Waals surface area contributed by atoms with E-state index in [2.05, 4.69) is 12.2 Å². The number of nitrogen functional groups attached to an aromatic ring is 1. The molecule has 0 spiro atoms. The zero-order chi connectivity index (χ0) is 15.1. The molecule has 1 aromatic rings. The summed E-state index contributed by atoms with van der Waals surface area (Å²) in [5.41, 5.74) is 7.20. The van der Waals surface area contributed by atoms with Gasteiger partial charge in [0.2, 0.25) is 5.91 Å². The van der Waals surface area contributed by atoms with E-state index >= 15 is 0 Å². The highest BCUT2D eigenvalue weighted by atomic mass is 16.5. The standard InChI is InChI=1S/C17H26N2O2/c1-2-3-12-21-13-4-11-19-16(20)17(9-10-17)14-5-7-15(18)8-6-14/h5-8H,2-4,9-13,18H2,1H3,(H,19,20). The molecule has 0 radical (unpaired) electrons. The van der Waals surface area contributed by atoms with Crippen molar-refractivity contribution in [1.82, 2.24) is 5.32 Å². The Hall–Kier alpha value is -1.55. The second-order valence-electron chi connectivity index (χ2n) is 5.78. The number of amides is 1. The summed E-state index contributed by atoms with van der Waals surface area (Å²) in [4.78, 5) is 12.4. The number of hydrogen-bond donors (Lipinski definition) is 2. The Kier molecular flexibility index (Phi) is 5.62. The van der Waals surface area contributed by atoms with E-state index in [1.54, 1.807) is 0 Å². The van der Waals surface area contributed by atoms with Crippen LogP contribution >= 0.6 is 0 Å². The molecule has 1 amide bonds. The number of nitrogens with one attached hydrogen (secondary N) is 1. The number of anilines is 1. The smallest absolute Gasteiger partial charge is 0.230 e. The molecule has 1 aliphatic rings. The first kappa shape index (κ1) is 15.8. The van der Waals surface area contributed by atoms with Gasteiger partial charge in [-0.3, -0.25) is 4.79 Å². The van der Waals surface area contributed by atoms with E-state index in [1.807, 2.05) is 24.3 Å². The Morgan fingerprint density at radius 2 is 1.90 bits per heavy atom. The molecule has 21 heavy (non-hydrogen) atoms. The van der Waals surface area contributed by atoms with Gasteiger partial charge in [-0.05, 0) is 43.4 Å². The van der Waals surface area contributed by atoms with Crippen molar-refractivity contribution in [1.29, 1.82) is 0 Å². The molecule has 0 aromatic heterocycles. The fourth-order valence-corrected chi connectivity index (χ4v) is 2.47. The number of nitrogens with two attached hydrogens (primary N) is 1. The van der Waals surface area contributed by atoms with Crippen molar-refractivity contribution in [2.45, 2.75) is 44.4 Å². The van der Waals surface area contributed by atoms with Crippen molar-refractivity contribution in [3.8, 4) is 0 Å². The van der Waals surface area contributed by atoms with E-state index < -0.39 is 0 Å². The maximum Gasteiger partial charge on any atom is 0.230 e. The van der Waals surface area contributed by atoms with Gasteiger partial charge in [-0.25, -0.2) is 0 Å². The summed E-state index contributed by atoms with van der Waals surface area (Å²) in [6.45, 7) is 4.37. The predicted octanol–water partition coefficient (Wildman–Crippen LogP) is 2.62. The average Bonchev–Trinajstić information content (AvgIpc) is 3.28. The molecule has 3 N–H and O–H groups in total. The van der Waals surface area contributed by atoms with Crippen LogP contribution in [-0.4, -0.2) is 25.7 Å². The molecule has 2 rings (SSSR count). The van der Waals surface area contributed by atoms with Crippen molar-refractivity contribution in [3.63, 3.8) is 0 Å². The Morgan fingerprint density at radius 1 is 1.24 bits per heavy atom. The largest absolute Gasteiger partial charge is 0.399 e. The third kappa shape index (κ3) is 4.21. The minimum absolute atomic E-state index is 0.140. The molecular formula is C17H26N2O2. The number of ether oxygens (including phenoxy) is 1. The number of benzene rings is 1. The summed E-state index contributed by atoms with van der Waals surface area (Å²) < 4.78 is 5.49. The van der Waals surface area contributed by atoms with Crippen LogP contribution in [0.15, 0.2) is 24.3 Å². The average molecular weight is 290 g/mol. The van der Waals surface area contributed by atoms with Crippen molar-refractivity contribution < 1.29 is 9.53 Å². The molecule has 1 saturated carbocycles. The third-order valence-corrected chi connectivity index (χ3v) is 4.04. The molecule has 1 aliphatic carbocycles. The molecule has 0 heterocycles. The lowest BCUT2D eigenvalue weighted by molar-refractivity contribution is -0.123. The highest BCUT2D eigenvalue weighted by molar-refractivity contribution is 5.91. The van der Waals surface area contributed by atoms with E-state index in [-0.39, 0.29) is 11.3 Å². The first-order chi connectivity index (χ1) is 10.2. The van der Waals surface area contributed by atoms with Crippen molar-refractivity contribution in [3.05, 3.63) is 29.8 Å². The van der Waals surface area contributed by atoms with Crippen LogP contribution in [0.25, 0.3) is 0 Å². The van der Waals surface area contributed by atoms with Crippen LogP contribution in [0.1, 0.15) is 44.6 Å². The van der Waals surface area contributed by atoms with Crippen LogP contribution in [0, 0.1) is 0 Å². The molecule has 4 heteroatoms. The Bertz CT molecular complexity index is 452. The first-order valence-corrected chi connectivity index (χ1v) is 7.91. The van der Waals surface area contributed by atoms with Crippen molar-refractivity contribution in [2.75, 3.05) is 25.5 Å². The van der Waals surface area contributed by atoms with Crippen LogP contribution < -0.4 is 11.1 Å². The summed E-state index contributed by atoms with van der Waals surface area (Å²) in [5, 5.41) is 3.04. The minimum atomic E-state index is -0.309. The van der Waals surface area contributed by atoms with Crippen molar-refractivity contribution >= 4 is 11.6 Å². The Balaban J connectivity index is 1.72. The molecular weight excluding hydrogens is 264 g/mol. The van der Waals surface area contributed by atoms with E-state index in [4.69, 9.17) is 10.5 Å². The second-order valence-corrected chi connectivity index (χ2v) is 5.78. The maximum absolute atomic E-state index is 12.4. The quantitative estimate of drug-likeness (QED) is 0.543. The van der Waals surface area contributed by atoms with Crippen LogP contribution in [0.3, 0.4) is 0 Å². The summed E-state index contributed by atoms with van der Waals surface area (Å²) >= 11 is 0. The summed E-state index contributed by atoms with van der Waals surface area (Å²) in [5.74, 6) is 0.140. The zero-order valence-electron chi connectivity index (χ0n) is 12.9. The lowest BCUT2D eigenvalue weighted by atomic mass is 9.95. The predicted molar refractivity (Wildman–Crippen MR) is 85.1 cm³/mol. The lowest BCUT2D eigenvalue weighted by Crippen LogP contribution is -2.35. The van der Waals surface area contributed by atoms with Gasteiger partial charge in [-0.2, -0.15) is 0 Å². The highest BCUT2D eigenvalue weighted by Gasteiger charge is 2.50. The van der Waals surface area contributed by atoms with E-state index in [0.29, 0.717) is 6.54 Å². The van der Waals surface area contributed by atoms with Crippen LogP contribution in [0.5, 0.6) is 0 Å². The van der Waals surface area contributed by atoms with E-state index in [0.717, 1.165) is 56.6 Å². The van der Waals surface area contributed by atoms with Gasteiger partial charge < -0.3 is 15.8 Å². The van der Waals surface area contributed by atoms with Gasteiger partial charge in [-0.1, -0.05) is 25.5 Å². The molecule has 0 aliphatic heterocycles. The number of rotatable bonds is 9. The molecule has 0 bridgehead atoms. The van der Waals surface area contributed by atoms with E-state index in [9.17, 15) is 4.79 Å². The van der Waals surface area contributed by atoms with Gasteiger partial charge in [0.25, 0.3) is 0 Å². The molecule has 0 atom stereocenters. The summed E-state index contributed by atoms with van der Waals surface area (Å²) in [7, 11) is 0. The fraction of sp³-hybridized carbons (Fsp3) is 0.588. The number of unbranched alkanes of at least 4 members (excludes halogenated alkanes) is 1. The SMILES string of the molecule is CCCCOCCCNC(=O)C1(c2ccc(N)cc2)CC1. The second kappa shape index (κ2) is 7.46. The van der Waals surface area contributed by atoms with Crippen LogP contribution in [0.2, 0.25) is 0 Å². The monoisotopic (exact) mass is 290 g/mol. The minimum Gasteiger partial charge on any atom is -0.399 e. The molecule has 1 aromatic carbocycles. The van der Waals surface area contributed by atoms with Crippen LogP contribution in [-0.2, 0) is 14.9 Å². The highest BCUT2D eigenvalue weighted by Crippen LogP contribution is 2.48. The van der Waals surface area contributed by atoms with E-state index in [1.165, 1.54) is 0 Å². The summed E-state index contributed by atoms with van der Waals surface area (Å²) in [6.07, 6.45) is 4.98. The normalized spacial score (nSPS) is 15.7. The third-order valence-electron chi connectivity index (χ3n) is 4.04. The maximum atomic E-state index is 12.4. The lowest BCUT2D eigenvalue weighted by Gasteiger charge is -2.16. The van der Waals surface area contributed by atoms with Crippen LogP contribution in [0.4, 0.5) is 5.69 Å². The Labute approximate surface area is 127 Å². The number of carbonyl (C=O) groups is 1.